The standard InChI is InChI=1S/C11H14N2OS/c1-14-13(11(12)15)9-5-8-10-6-3-2-4-7-10/h2-8H,9H2,1H3,(H2,12,15). The number of nitrogens with zero attached hydrogens (tertiary/aromatic N) is 1. The number of rotatable bonds is 4. The highest BCUT2D eigenvalue weighted by atomic mass is 32.1. The van der Waals surface area contributed by atoms with E-state index in [0.717, 1.165) is 5.56 Å². The molecule has 0 aliphatic rings. The van der Waals surface area contributed by atoms with Crippen LogP contribution in [0.25, 0.3) is 6.08 Å². The van der Waals surface area contributed by atoms with Crippen LogP contribution in [0.3, 0.4) is 0 Å². The fourth-order valence-corrected chi connectivity index (χ4v) is 1.25. The van der Waals surface area contributed by atoms with Gasteiger partial charge in [0.15, 0.2) is 5.11 Å². The minimum Gasteiger partial charge on any atom is -0.374 e. The molecule has 4 heteroatoms. The van der Waals surface area contributed by atoms with Crippen LogP contribution in [-0.2, 0) is 4.84 Å². The second-order valence-corrected chi connectivity index (χ2v) is 3.31. The van der Waals surface area contributed by atoms with Gasteiger partial charge in [-0.2, -0.15) is 0 Å². The quantitative estimate of drug-likeness (QED) is 0.623. The van der Waals surface area contributed by atoms with E-state index in [1.165, 1.54) is 12.2 Å². The molecule has 15 heavy (non-hydrogen) atoms. The monoisotopic (exact) mass is 222 g/mol. The van der Waals surface area contributed by atoms with Crippen molar-refractivity contribution in [1.29, 1.82) is 0 Å². The molecule has 0 fully saturated rings. The third-order valence-corrected chi connectivity index (χ3v) is 2.05. The summed E-state index contributed by atoms with van der Waals surface area (Å²) in [6.07, 6.45) is 3.93. The minimum absolute atomic E-state index is 0.232. The van der Waals surface area contributed by atoms with Crippen LogP contribution in [0.5, 0.6) is 0 Å². The third-order valence-electron chi connectivity index (χ3n) is 1.85. The summed E-state index contributed by atoms with van der Waals surface area (Å²) >= 11 is 4.79. The maximum Gasteiger partial charge on any atom is 0.190 e. The molecular weight excluding hydrogens is 208 g/mol. The molecule has 1 aromatic carbocycles. The van der Waals surface area contributed by atoms with E-state index >= 15 is 0 Å². The van der Waals surface area contributed by atoms with Gasteiger partial charge in [-0.15, -0.1) is 0 Å². The molecule has 2 N–H and O–H groups in total. The number of thiocarbonyl (C=S) groups is 1. The Labute approximate surface area is 95.1 Å². The van der Waals surface area contributed by atoms with Crippen LogP contribution >= 0.6 is 12.2 Å². The van der Waals surface area contributed by atoms with Gasteiger partial charge in [0.2, 0.25) is 0 Å². The number of hydrogen-bond acceptors (Lipinski definition) is 2. The second-order valence-electron chi connectivity index (χ2n) is 2.89. The summed E-state index contributed by atoms with van der Waals surface area (Å²) in [5.41, 5.74) is 6.56. The first-order valence-electron chi connectivity index (χ1n) is 4.56. The zero-order chi connectivity index (χ0) is 11.1. The molecule has 0 heterocycles. The van der Waals surface area contributed by atoms with Gasteiger partial charge in [-0.05, 0) is 17.8 Å². The Morgan fingerprint density at radius 3 is 2.67 bits per heavy atom. The predicted molar refractivity (Wildman–Crippen MR) is 66.0 cm³/mol. The molecule has 1 aromatic rings. The van der Waals surface area contributed by atoms with Gasteiger partial charge in [0.25, 0.3) is 0 Å². The maximum absolute atomic E-state index is 5.43. The molecule has 80 valence electrons. The molecule has 0 saturated heterocycles. The SMILES string of the molecule is CON(CC=Cc1ccccc1)C(N)=S. The summed E-state index contributed by atoms with van der Waals surface area (Å²) in [4.78, 5) is 4.97. The predicted octanol–water partition coefficient (Wildman–Crippen LogP) is 1.81. The molecule has 0 aliphatic heterocycles. The molecule has 0 aliphatic carbocycles. The number of nitrogens with two attached hydrogens (primary N) is 1. The normalized spacial score (nSPS) is 10.5. The van der Waals surface area contributed by atoms with E-state index in [2.05, 4.69) is 0 Å². The molecule has 0 saturated carbocycles. The Balaban J connectivity index is 2.49. The van der Waals surface area contributed by atoms with Crippen molar-refractivity contribution in [3.63, 3.8) is 0 Å². The van der Waals surface area contributed by atoms with Crippen molar-refractivity contribution in [2.75, 3.05) is 13.7 Å². The minimum atomic E-state index is 0.232. The zero-order valence-corrected chi connectivity index (χ0v) is 9.41. The Morgan fingerprint density at radius 1 is 1.47 bits per heavy atom. The third kappa shape index (κ3) is 4.10. The molecule has 0 spiro atoms. The molecule has 0 amide bonds. The zero-order valence-electron chi connectivity index (χ0n) is 8.59. The lowest BCUT2D eigenvalue weighted by atomic mass is 10.2. The van der Waals surface area contributed by atoms with Gasteiger partial charge < -0.3 is 5.73 Å². The Morgan fingerprint density at radius 2 is 2.13 bits per heavy atom. The summed E-state index contributed by atoms with van der Waals surface area (Å²) in [5.74, 6) is 0. The van der Waals surface area contributed by atoms with Crippen LogP contribution in [0.4, 0.5) is 0 Å². The molecule has 3 nitrogen and oxygen atoms in total. The van der Waals surface area contributed by atoms with Gasteiger partial charge in [-0.3, -0.25) is 4.84 Å². The average molecular weight is 222 g/mol. The summed E-state index contributed by atoms with van der Waals surface area (Å²) in [7, 11) is 1.54. The van der Waals surface area contributed by atoms with E-state index in [9.17, 15) is 0 Å². The Bertz CT molecular complexity index is 338. The van der Waals surface area contributed by atoms with Crippen molar-refractivity contribution in [2.45, 2.75) is 0 Å². The van der Waals surface area contributed by atoms with Crippen LogP contribution in [-0.4, -0.2) is 23.8 Å². The van der Waals surface area contributed by atoms with Crippen LogP contribution in [0, 0.1) is 0 Å². The Hall–Kier alpha value is -1.39. The number of benzene rings is 1. The van der Waals surface area contributed by atoms with Crippen molar-refractivity contribution in [2.24, 2.45) is 5.73 Å². The van der Waals surface area contributed by atoms with Crippen molar-refractivity contribution < 1.29 is 4.84 Å². The van der Waals surface area contributed by atoms with Gasteiger partial charge in [0.05, 0.1) is 13.7 Å². The summed E-state index contributed by atoms with van der Waals surface area (Å²) in [5, 5.41) is 1.67. The van der Waals surface area contributed by atoms with Crippen LogP contribution in [0.2, 0.25) is 0 Å². The molecule has 0 unspecified atom stereocenters. The van der Waals surface area contributed by atoms with Crippen molar-refractivity contribution in [3.8, 4) is 0 Å². The van der Waals surface area contributed by atoms with Gasteiger partial charge in [-0.1, -0.05) is 42.5 Å². The second kappa shape index (κ2) is 6.16. The summed E-state index contributed by atoms with van der Waals surface area (Å²) < 4.78 is 0. The summed E-state index contributed by atoms with van der Waals surface area (Å²) in [6, 6.07) is 10.00. The van der Waals surface area contributed by atoms with Crippen LogP contribution < -0.4 is 5.73 Å². The molecule has 0 bridgehead atoms. The van der Waals surface area contributed by atoms with E-state index in [1.54, 1.807) is 0 Å². The van der Waals surface area contributed by atoms with Gasteiger partial charge >= 0.3 is 0 Å². The van der Waals surface area contributed by atoms with Crippen LogP contribution in [0.15, 0.2) is 36.4 Å². The van der Waals surface area contributed by atoms with Crippen LogP contribution in [0.1, 0.15) is 5.56 Å². The lowest BCUT2D eigenvalue weighted by molar-refractivity contribution is -0.0537. The van der Waals surface area contributed by atoms with Gasteiger partial charge in [0, 0.05) is 0 Å². The van der Waals surface area contributed by atoms with Gasteiger partial charge in [-0.25, -0.2) is 5.06 Å². The van der Waals surface area contributed by atoms with E-state index < -0.39 is 0 Å². The first-order valence-corrected chi connectivity index (χ1v) is 4.97. The average Bonchev–Trinajstić information content (AvgIpc) is 2.25. The number of hydrogen-bond donors (Lipinski definition) is 1. The molecule has 0 radical (unpaired) electrons. The lowest BCUT2D eigenvalue weighted by Gasteiger charge is -2.16. The van der Waals surface area contributed by atoms with Crippen molar-refractivity contribution >= 4 is 23.4 Å². The van der Waals surface area contributed by atoms with Crippen molar-refractivity contribution in [1.82, 2.24) is 5.06 Å². The maximum atomic E-state index is 5.43. The number of hydroxylamine groups is 2. The molecular formula is C11H14N2OS. The fraction of sp³-hybridized carbons (Fsp3) is 0.182. The lowest BCUT2D eigenvalue weighted by Crippen LogP contribution is -2.34. The first kappa shape index (κ1) is 11.7. The highest BCUT2D eigenvalue weighted by Crippen LogP contribution is 2.01. The van der Waals surface area contributed by atoms with Crippen molar-refractivity contribution in [3.05, 3.63) is 42.0 Å². The first-order chi connectivity index (χ1) is 7.24. The smallest absolute Gasteiger partial charge is 0.190 e. The summed E-state index contributed by atoms with van der Waals surface area (Å²) in [6.45, 7) is 0.542. The Kier molecular flexibility index (Phi) is 4.80. The topological polar surface area (TPSA) is 38.5 Å². The molecule has 1 rings (SSSR count). The van der Waals surface area contributed by atoms with E-state index in [0.29, 0.717) is 6.54 Å². The highest BCUT2D eigenvalue weighted by molar-refractivity contribution is 7.80. The van der Waals surface area contributed by atoms with E-state index in [4.69, 9.17) is 22.8 Å². The van der Waals surface area contributed by atoms with Gasteiger partial charge in [0.1, 0.15) is 0 Å². The van der Waals surface area contributed by atoms with E-state index in [-0.39, 0.29) is 5.11 Å². The molecule has 0 atom stereocenters. The largest absolute Gasteiger partial charge is 0.374 e. The molecule has 0 aromatic heterocycles. The highest BCUT2D eigenvalue weighted by Gasteiger charge is 2.00. The fourth-order valence-electron chi connectivity index (χ4n) is 1.10. The van der Waals surface area contributed by atoms with E-state index in [1.807, 2.05) is 42.5 Å².